The number of benzene rings is 1. The van der Waals surface area contributed by atoms with Gasteiger partial charge in [0.1, 0.15) is 0 Å². The number of rotatable bonds is 5. The van der Waals surface area contributed by atoms with Gasteiger partial charge < -0.3 is 5.32 Å². The Labute approximate surface area is 117 Å². The van der Waals surface area contributed by atoms with Crippen molar-refractivity contribution in [2.24, 2.45) is 0 Å². The van der Waals surface area contributed by atoms with Crippen molar-refractivity contribution in [3.05, 3.63) is 29.6 Å². The summed E-state index contributed by atoms with van der Waals surface area (Å²) in [4.78, 5) is 4.80. The fraction of sp³-hybridized carbons (Fsp3) is 0.308. The normalized spacial score (nSPS) is 11.5. The second-order valence-electron chi connectivity index (χ2n) is 4.26. The molecule has 1 aromatic carbocycles. The molecule has 0 aliphatic heterocycles. The zero-order valence-electron chi connectivity index (χ0n) is 10.9. The number of hydrogen-bond acceptors (Lipinski definition) is 5. The average molecular weight is 296 g/mol. The lowest BCUT2D eigenvalue weighted by atomic mass is 10.2. The second-order valence-corrected chi connectivity index (χ2v) is 7.14. The van der Waals surface area contributed by atoms with Crippen molar-refractivity contribution < 1.29 is 8.42 Å². The summed E-state index contributed by atoms with van der Waals surface area (Å²) in [6, 6.07) is 6.80. The van der Waals surface area contributed by atoms with Crippen molar-refractivity contribution in [2.75, 3.05) is 18.1 Å². The van der Waals surface area contributed by atoms with E-state index in [4.69, 9.17) is 0 Å². The molecular weight excluding hydrogens is 280 g/mol. The summed E-state index contributed by atoms with van der Waals surface area (Å²) in [6.07, 6.45) is 2.26. The van der Waals surface area contributed by atoms with E-state index in [1.54, 1.807) is 35.6 Å². The Morgan fingerprint density at radius 1 is 1.26 bits per heavy atom. The van der Waals surface area contributed by atoms with Crippen LogP contribution in [0, 0.1) is 0 Å². The van der Waals surface area contributed by atoms with Gasteiger partial charge in [0.2, 0.25) is 0 Å². The van der Waals surface area contributed by atoms with Gasteiger partial charge in [-0.1, -0.05) is 19.1 Å². The molecule has 0 unspecified atom stereocenters. The number of hydrogen-bond donors (Lipinski definition) is 1. The number of thiazole rings is 1. The third-order valence-electron chi connectivity index (χ3n) is 2.61. The standard InChI is InChI=1S/C13H16N2O2S2/c1-3-8-14-13-15-12(9-18-13)10-4-6-11(7-5-10)19(2,16)17/h4-7,9H,3,8H2,1-2H3,(H,14,15). The SMILES string of the molecule is CCCNc1nc(-c2ccc(S(C)(=O)=O)cc2)cs1. The van der Waals surface area contributed by atoms with Gasteiger partial charge in [-0.25, -0.2) is 13.4 Å². The van der Waals surface area contributed by atoms with E-state index in [-0.39, 0.29) is 0 Å². The van der Waals surface area contributed by atoms with Crippen molar-refractivity contribution in [3.63, 3.8) is 0 Å². The van der Waals surface area contributed by atoms with E-state index in [1.807, 2.05) is 5.38 Å². The van der Waals surface area contributed by atoms with Gasteiger partial charge >= 0.3 is 0 Å². The summed E-state index contributed by atoms with van der Waals surface area (Å²) in [7, 11) is -3.14. The highest BCUT2D eigenvalue weighted by Gasteiger charge is 2.08. The molecule has 0 atom stereocenters. The van der Waals surface area contributed by atoms with Gasteiger partial charge in [-0.3, -0.25) is 0 Å². The Bertz CT molecular complexity index is 646. The van der Waals surface area contributed by atoms with Gasteiger partial charge in [0.05, 0.1) is 10.6 Å². The molecule has 0 saturated heterocycles. The molecule has 0 spiro atoms. The molecule has 1 heterocycles. The molecule has 0 amide bonds. The number of nitrogens with zero attached hydrogens (tertiary/aromatic N) is 1. The van der Waals surface area contributed by atoms with E-state index in [1.165, 1.54) is 6.26 Å². The second kappa shape index (κ2) is 5.71. The zero-order valence-corrected chi connectivity index (χ0v) is 12.5. The van der Waals surface area contributed by atoms with Crippen LogP contribution in [0.15, 0.2) is 34.5 Å². The molecule has 0 fully saturated rings. The zero-order chi connectivity index (χ0) is 13.9. The molecular formula is C13H16N2O2S2. The van der Waals surface area contributed by atoms with Crippen LogP contribution in [-0.4, -0.2) is 26.2 Å². The lowest BCUT2D eigenvalue weighted by Gasteiger charge is -2.00. The minimum absolute atomic E-state index is 0.329. The lowest BCUT2D eigenvalue weighted by molar-refractivity contribution is 0.602. The summed E-state index contributed by atoms with van der Waals surface area (Å²) in [5, 5.41) is 6.09. The summed E-state index contributed by atoms with van der Waals surface area (Å²) in [5.41, 5.74) is 1.79. The van der Waals surface area contributed by atoms with Crippen LogP contribution in [0.3, 0.4) is 0 Å². The smallest absolute Gasteiger partial charge is 0.183 e. The first-order valence-electron chi connectivity index (χ1n) is 6.00. The molecule has 1 N–H and O–H groups in total. The molecule has 6 heteroatoms. The summed E-state index contributed by atoms with van der Waals surface area (Å²) < 4.78 is 22.8. The van der Waals surface area contributed by atoms with Crippen molar-refractivity contribution >= 4 is 26.3 Å². The van der Waals surface area contributed by atoms with Gasteiger partial charge in [0, 0.05) is 23.7 Å². The molecule has 0 radical (unpaired) electrons. The summed E-state index contributed by atoms with van der Waals surface area (Å²) in [6.45, 7) is 3.01. The van der Waals surface area contributed by atoms with Gasteiger partial charge in [-0.05, 0) is 18.6 Å². The van der Waals surface area contributed by atoms with Crippen molar-refractivity contribution in [2.45, 2.75) is 18.2 Å². The van der Waals surface area contributed by atoms with E-state index < -0.39 is 9.84 Å². The predicted octanol–water partition coefficient (Wildman–Crippen LogP) is 3.04. The fourth-order valence-corrected chi connectivity index (χ4v) is 2.97. The van der Waals surface area contributed by atoms with Crippen LogP contribution < -0.4 is 5.32 Å². The first kappa shape index (κ1) is 14.0. The molecule has 2 rings (SSSR count). The Hall–Kier alpha value is -1.40. The monoisotopic (exact) mass is 296 g/mol. The highest BCUT2D eigenvalue weighted by atomic mass is 32.2. The highest BCUT2D eigenvalue weighted by Crippen LogP contribution is 2.25. The lowest BCUT2D eigenvalue weighted by Crippen LogP contribution is -1.98. The number of aromatic nitrogens is 1. The van der Waals surface area contributed by atoms with Crippen molar-refractivity contribution in [3.8, 4) is 11.3 Å². The molecule has 0 saturated carbocycles. The number of anilines is 1. The van der Waals surface area contributed by atoms with Crippen LogP contribution in [-0.2, 0) is 9.84 Å². The van der Waals surface area contributed by atoms with E-state index >= 15 is 0 Å². The van der Waals surface area contributed by atoms with Gasteiger partial charge in [-0.2, -0.15) is 0 Å². The van der Waals surface area contributed by atoms with E-state index in [2.05, 4.69) is 17.2 Å². The minimum Gasteiger partial charge on any atom is -0.362 e. The van der Waals surface area contributed by atoms with Crippen molar-refractivity contribution in [1.29, 1.82) is 0 Å². The van der Waals surface area contributed by atoms with Crippen LogP contribution in [0.25, 0.3) is 11.3 Å². The molecule has 0 bridgehead atoms. The Morgan fingerprint density at radius 2 is 1.95 bits per heavy atom. The quantitative estimate of drug-likeness (QED) is 0.921. The Balaban J connectivity index is 2.20. The largest absolute Gasteiger partial charge is 0.362 e. The number of sulfone groups is 1. The van der Waals surface area contributed by atoms with Crippen LogP contribution in [0.4, 0.5) is 5.13 Å². The predicted molar refractivity (Wildman–Crippen MR) is 79.4 cm³/mol. The molecule has 0 aliphatic carbocycles. The third kappa shape index (κ3) is 3.54. The molecule has 19 heavy (non-hydrogen) atoms. The molecule has 0 aliphatic rings. The Morgan fingerprint density at radius 3 is 2.53 bits per heavy atom. The van der Waals surface area contributed by atoms with E-state index in [9.17, 15) is 8.42 Å². The molecule has 102 valence electrons. The minimum atomic E-state index is -3.14. The first-order chi connectivity index (χ1) is 9.00. The average Bonchev–Trinajstić information content (AvgIpc) is 2.84. The molecule has 1 aromatic heterocycles. The highest BCUT2D eigenvalue weighted by molar-refractivity contribution is 7.90. The maximum atomic E-state index is 11.4. The number of nitrogens with one attached hydrogen (secondary N) is 1. The van der Waals surface area contributed by atoms with Crippen LogP contribution >= 0.6 is 11.3 Å². The van der Waals surface area contributed by atoms with Crippen LogP contribution in [0.1, 0.15) is 13.3 Å². The molecule has 2 aromatic rings. The fourth-order valence-electron chi connectivity index (χ4n) is 1.59. The summed E-state index contributed by atoms with van der Waals surface area (Å²) in [5.74, 6) is 0. The third-order valence-corrected chi connectivity index (χ3v) is 4.54. The first-order valence-corrected chi connectivity index (χ1v) is 8.77. The topological polar surface area (TPSA) is 59.1 Å². The van der Waals surface area contributed by atoms with Gasteiger partial charge in [0.25, 0.3) is 0 Å². The maximum Gasteiger partial charge on any atom is 0.183 e. The van der Waals surface area contributed by atoms with Crippen LogP contribution in [0.2, 0.25) is 0 Å². The van der Waals surface area contributed by atoms with E-state index in [0.29, 0.717) is 4.90 Å². The summed E-state index contributed by atoms with van der Waals surface area (Å²) >= 11 is 1.55. The van der Waals surface area contributed by atoms with E-state index in [0.717, 1.165) is 29.4 Å². The van der Waals surface area contributed by atoms with Gasteiger partial charge in [0.15, 0.2) is 15.0 Å². The molecule has 4 nitrogen and oxygen atoms in total. The van der Waals surface area contributed by atoms with Crippen LogP contribution in [0.5, 0.6) is 0 Å². The maximum absolute atomic E-state index is 11.4. The van der Waals surface area contributed by atoms with Crippen molar-refractivity contribution in [1.82, 2.24) is 4.98 Å². The Kier molecular flexibility index (Phi) is 4.21. The van der Waals surface area contributed by atoms with Gasteiger partial charge in [-0.15, -0.1) is 11.3 Å².